The fourth-order valence-corrected chi connectivity index (χ4v) is 3.95. The third kappa shape index (κ3) is 3.33. The molecule has 146 valence electrons. The molecule has 2 aromatic carbocycles. The van der Waals surface area contributed by atoms with Gasteiger partial charge in [0.15, 0.2) is 5.65 Å². The van der Waals surface area contributed by atoms with Crippen molar-refractivity contribution in [2.75, 3.05) is 5.73 Å². The highest BCUT2D eigenvalue weighted by Gasteiger charge is 2.32. The second-order valence-corrected chi connectivity index (χ2v) is 7.51. The van der Waals surface area contributed by atoms with E-state index in [1.807, 2.05) is 59.3 Å². The molecule has 1 aliphatic carbocycles. The van der Waals surface area contributed by atoms with Crippen LogP contribution < -0.4 is 15.6 Å². The van der Waals surface area contributed by atoms with Crippen molar-refractivity contribution in [3.63, 3.8) is 0 Å². The smallest absolute Gasteiger partial charge is 0.164 e. The van der Waals surface area contributed by atoms with Crippen molar-refractivity contribution in [2.45, 2.75) is 24.9 Å². The predicted octanol–water partition coefficient (Wildman–Crippen LogP) is 3.95. The molecule has 0 aliphatic heterocycles. The van der Waals surface area contributed by atoms with Crippen LogP contribution in [0.1, 0.15) is 18.9 Å². The summed E-state index contributed by atoms with van der Waals surface area (Å²) in [6, 6.07) is 18.4. The van der Waals surface area contributed by atoms with Crippen molar-refractivity contribution < 1.29 is 4.74 Å². The van der Waals surface area contributed by atoms with Crippen LogP contribution in [0.3, 0.4) is 0 Å². The molecule has 3 N–H and O–H groups in total. The number of aromatic nitrogens is 4. The minimum atomic E-state index is 0.305. The number of rotatable bonds is 5. The first-order valence-corrected chi connectivity index (χ1v) is 10.1. The number of hydrogen-bond donors (Lipinski definition) is 2. The fourth-order valence-electron chi connectivity index (χ4n) is 3.68. The van der Waals surface area contributed by atoms with Gasteiger partial charge in [0.1, 0.15) is 29.3 Å². The Bertz CT molecular complexity index is 1140. The average Bonchev–Trinajstić information content (AvgIpc) is 3.09. The van der Waals surface area contributed by atoms with Crippen LogP contribution in [0.4, 0.5) is 5.82 Å². The summed E-state index contributed by atoms with van der Waals surface area (Å²) in [5.41, 5.74) is 8.74. The highest BCUT2D eigenvalue weighted by molar-refractivity contribution is 7.13. The zero-order valence-corrected chi connectivity index (χ0v) is 16.8. The SMILES string of the molecule is Nc1ncnc2c1c(-c1ccc(Oc3ccccc3)cc1)nn2[C@H]1C[C@@H](NP)C1. The van der Waals surface area contributed by atoms with Crippen molar-refractivity contribution in [1.82, 2.24) is 24.8 Å². The monoisotopic (exact) mass is 404 g/mol. The number of nitrogens with two attached hydrogens (primary N) is 1. The number of para-hydroxylation sites is 1. The molecular formula is C21H21N6OP. The maximum Gasteiger partial charge on any atom is 0.164 e. The second kappa shape index (κ2) is 7.43. The number of anilines is 1. The van der Waals surface area contributed by atoms with E-state index in [1.165, 1.54) is 6.33 Å². The minimum absolute atomic E-state index is 0.305. The van der Waals surface area contributed by atoms with Crippen molar-refractivity contribution in [1.29, 1.82) is 0 Å². The standard InChI is InChI=1S/C21H21N6OP/c22-20-18-19(13-6-8-17(9-7-13)28-16-4-2-1-3-5-16)25-27(21(18)24-12-23-20)15-10-14(11-15)26-29/h1-9,12,14-15,26H,10-11,29H2,(H2,22,23,24)/t14-,15+. The quantitative estimate of drug-likeness (QED) is 0.490. The molecule has 1 atom stereocenters. The summed E-state index contributed by atoms with van der Waals surface area (Å²) in [7, 11) is 2.58. The highest BCUT2D eigenvalue weighted by Crippen LogP contribution is 2.38. The fraction of sp³-hybridized carbons (Fsp3) is 0.190. The number of nitrogens with zero attached hydrogens (tertiary/aromatic N) is 4. The molecule has 7 nitrogen and oxygen atoms in total. The van der Waals surface area contributed by atoms with E-state index in [1.54, 1.807) is 0 Å². The highest BCUT2D eigenvalue weighted by atomic mass is 31.0. The molecule has 0 saturated heterocycles. The molecule has 2 aromatic heterocycles. The van der Waals surface area contributed by atoms with Crippen molar-refractivity contribution in [3.05, 3.63) is 60.9 Å². The molecule has 0 spiro atoms. The van der Waals surface area contributed by atoms with Gasteiger partial charge in [-0.3, -0.25) is 5.09 Å². The summed E-state index contributed by atoms with van der Waals surface area (Å²) in [6.07, 6.45) is 3.52. The van der Waals surface area contributed by atoms with Gasteiger partial charge in [0.25, 0.3) is 0 Å². The van der Waals surface area contributed by atoms with Gasteiger partial charge in [-0.1, -0.05) is 27.6 Å². The molecule has 1 saturated carbocycles. The number of benzene rings is 2. The Kier molecular flexibility index (Phi) is 4.62. The molecule has 29 heavy (non-hydrogen) atoms. The van der Waals surface area contributed by atoms with Crippen LogP contribution in [0.25, 0.3) is 22.3 Å². The lowest BCUT2D eigenvalue weighted by Crippen LogP contribution is -2.38. The molecule has 1 unspecified atom stereocenters. The van der Waals surface area contributed by atoms with E-state index in [0.29, 0.717) is 17.9 Å². The molecule has 0 amide bonds. The Labute approximate surface area is 170 Å². The molecule has 4 aromatic rings. The van der Waals surface area contributed by atoms with Gasteiger partial charge >= 0.3 is 0 Å². The number of nitrogen functional groups attached to an aromatic ring is 1. The molecule has 0 radical (unpaired) electrons. The Morgan fingerprint density at radius 2 is 1.72 bits per heavy atom. The van der Waals surface area contributed by atoms with Crippen molar-refractivity contribution in [2.24, 2.45) is 0 Å². The van der Waals surface area contributed by atoms with Gasteiger partial charge in [-0.25, -0.2) is 14.6 Å². The summed E-state index contributed by atoms with van der Waals surface area (Å²) < 4.78 is 7.89. The molecule has 1 fully saturated rings. The van der Waals surface area contributed by atoms with E-state index in [-0.39, 0.29) is 0 Å². The molecule has 5 rings (SSSR count). The Morgan fingerprint density at radius 1 is 1.00 bits per heavy atom. The summed E-state index contributed by atoms with van der Waals surface area (Å²) in [6.45, 7) is 0. The summed E-state index contributed by atoms with van der Waals surface area (Å²) >= 11 is 0. The lowest BCUT2D eigenvalue weighted by Gasteiger charge is -2.35. The number of fused-ring (bicyclic) bond motifs is 1. The normalized spacial score (nSPS) is 18.5. The molecule has 2 heterocycles. The van der Waals surface area contributed by atoms with E-state index in [2.05, 4.69) is 24.4 Å². The lowest BCUT2D eigenvalue weighted by atomic mass is 9.88. The molecular weight excluding hydrogens is 383 g/mol. The number of nitrogens with one attached hydrogen (secondary N) is 1. The van der Waals surface area contributed by atoms with Crippen LogP contribution in [0.5, 0.6) is 11.5 Å². The third-order valence-electron chi connectivity index (χ3n) is 5.32. The van der Waals surface area contributed by atoms with E-state index >= 15 is 0 Å². The Morgan fingerprint density at radius 3 is 2.45 bits per heavy atom. The zero-order valence-electron chi connectivity index (χ0n) is 15.7. The lowest BCUT2D eigenvalue weighted by molar-refractivity contribution is 0.241. The Balaban J connectivity index is 1.50. The molecule has 1 aliphatic rings. The van der Waals surface area contributed by atoms with Crippen LogP contribution in [0.15, 0.2) is 60.9 Å². The molecule has 8 heteroatoms. The topological polar surface area (TPSA) is 90.9 Å². The van der Waals surface area contributed by atoms with Crippen LogP contribution in [0, 0.1) is 0 Å². The maximum absolute atomic E-state index is 6.21. The third-order valence-corrected chi connectivity index (χ3v) is 5.79. The minimum Gasteiger partial charge on any atom is -0.457 e. The van der Waals surface area contributed by atoms with Gasteiger partial charge < -0.3 is 10.5 Å². The van der Waals surface area contributed by atoms with E-state index in [0.717, 1.165) is 46.6 Å². The van der Waals surface area contributed by atoms with Crippen molar-refractivity contribution in [3.8, 4) is 22.8 Å². The van der Waals surface area contributed by atoms with Crippen LogP contribution in [0.2, 0.25) is 0 Å². The second-order valence-electron chi connectivity index (χ2n) is 7.18. The van der Waals surface area contributed by atoms with Gasteiger partial charge in [0.05, 0.1) is 11.4 Å². The van der Waals surface area contributed by atoms with Crippen LogP contribution >= 0.6 is 9.39 Å². The van der Waals surface area contributed by atoms with Gasteiger partial charge in [0, 0.05) is 11.6 Å². The van der Waals surface area contributed by atoms with Gasteiger partial charge in [0.2, 0.25) is 0 Å². The zero-order chi connectivity index (χ0) is 19.8. The van der Waals surface area contributed by atoms with E-state index in [4.69, 9.17) is 15.6 Å². The largest absolute Gasteiger partial charge is 0.457 e. The first-order valence-electron chi connectivity index (χ1n) is 9.51. The first kappa shape index (κ1) is 18.0. The number of hydrogen-bond acceptors (Lipinski definition) is 6. The van der Waals surface area contributed by atoms with Crippen molar-refractivity contribution >= 4 is 26.2 Å². The van der Waals surface area contributed by atoms with Gasteiger partial charge in [-0.05, 0) is 49.2 Å². The Hall–Kier alpha value is -3.02. The average molecular weight is 404 g/mol. The van der Waals surface area contributed by atoms with E-state index < -0.39 is 0 Å². The summed E-state index contributed by atoms with van der Waals surface area (Å²) in [5, 5.41) is 8.91. The van der Waals surface area contributed by atoms with Crippen LogP contribution in [-0.2, 0) is 0 Å². The predicted molar refractivity (Wildman–Crippen MR) is 117 cm³/mol. The summed E-state index contributed by atoms with van der Waals surface area (Å²) in [5.74, 6) is 2.01. The van der Waals surface area contributed by atoms with Crippen LogP contribution in [-0.4, -0.2) is 25.8 Å². The number of ether oxygens (including phenoxy) is 1. The van der Waals surface area contributed by atoms with E-state index in [9.17, 15) is 0 Å². The first-order chi connectivity index (χ1) is 14.2. The van der Waals surface area contributed by atoms with Gasteiger partial charge in [-0.15, -0.1) is 0 Å². The maximum atomic E-state index is 6.21. The van der Waals surface area contributed by atoms with Gasteiger partial charge in [-0.2, -0.15) is 5.10 Å². The summed E-state index contributed by atoms with van der Waals surface area (Å²) in [4.78, 5) is 8.66. The molecule has 0 bridgehead atoms.